The first-order valence-electron chi connectivity index (χ1n) is 6.88. The Morgan fingerprint density at radius 2 is 1.81 bits per heavy atom. The average molecular weight is 225 g/mol. The van der Waals surface area contributed by atoms with Gasteiger partial charge in [0.25, 0.3) is 0 Å². The van der Waals surface area contributed by atoms with Crippen molar-refractivity contribution in [2.75, 3.05) is 46.3 Å². The smallest absolute Gasteiger partial charge is 0.0107 e. The molecule has 2 saturated heterocycles. The van der Waals surface area contributed by atoms with Gasteiger partial charge < -0.3 is 15.1 Å². The standard InChI is InChI=1S/C13H27N3/c1-12-3-9-16(10-6-14-12)11-13-4-7-15(2)8-5-13/h12-14H,3-11H2,1-2H3. The molecule has 16 heavy (non-hydrogen) atoms. The minimum atomic E-state index is 0.711. The van der Waals surface area contributed by atoms with Crippen LogP contribution < -0.4 is 5.32 Å². The summed E-state index contributed by atoms with van der Waals surface area (Å²) in [5.74, 6) is 0.949. The van der Waals surface area contributed by atoms with Crippen molar-refractivity contribution in [2.24, 2.45) is 5.92 Å². The highest BCUT2D eigenvalue weighted by Crippen LogP contribution is 2.17. The third kappa shape index (κ3) is 3.72. The number of hydrogen-bond acceptors (Lipinski definition) is 3. The third-order valence-electron chi connectivity index (χ3n) is 4.15. The van der Waals surface area contributed by atoms with E-state index in [-0.39, 0.29) is 0 Å². The van der Waals surface area contributed by atoms with Crippen LogP contribution >= 0.6 is 0 Å². The van der Waals surface area contributed by atoms with Gasteiger partial charge in [0, 0.05) is 25.7 Å². The van der Waals surface area contributed by atoms with Gasteiger partial charge in [0.15, 0.2) is 0 Å². The van der Waals surface area contributed by atoms with Crippen LogP contribution in [0.2, 0.25) is 0 Å². The minimum Gasteiger partial charge on any atom is -0.313 e. The van der Waals surface area contributed by atoms with Crippen molar-refractivity contribution in [2.45, 2.75) is 32.2 Å². The van der Waals surface area contributed by atoms with Crippen LogP contribution in [-0.4, -0.2) is 62.2 Å². The molecule has 2 fully saturated rings. The molecule has 0 aromatic carbocycles. The monoisotopic (exact) mass is 225 g/mol. The van der Waals surface area contributed by atoms with E-state index in [0.29, 0.717) is 6.04 Å². The van der Waals surface area contributed by atoms with Crippen LogP contribution in [0.15, 0.2) is 0 Å². The molecule has 2 rings (SSSR count). The molecule has 0 aromatic heterocycles. The van der Waals surface area contributed by atoms with Gasteiger partial charge in [-0.2, -0.15) is 0 Å². The molecule has 0 aromatic rings. The summed E-state index contributed by atoms with van der Waals surface area (Å²) in [5.41, 5.74) is 0. The highest BCUT2D eigenvalue weighted by molar-refractivity contribution is 4.77. The van der Waals surface area contributed by atoms with E-state index in [9.17, 15) is 0 Å². The van der Waals surface area contributed by atoms with Crippen molar-refractivity contribution in [1.29, 1.82) is 0 Å². The zero-order valence-electron chi connectivity index (χ0n) is 10.9. The number of rotatable bonds is 2. The number of piperidine rings is 1. The summed E-state index contributed by atoms with van der Waals surface area (Å²) in [4.78, 5) is 5.13. The van der Waals surface area contributed by atoms with Crippen LogP contribution in [0.4, 0.5) is 0 Å². The summed E-state index contributed by atoms with van der Waals surface area (Å²) >= 11 is 0. The molecule has 2 aliphatic rings. The van der Waals surface area contributed by atoms with Crippen LogP contribution in [0.3, 0.4) is 0 Å². The van der Waals surface area contributed by atoms with Gasteiger partial charge in [-0.1, -0.05) is 0 Å². The van der Waals surface area contributed by atoms with Crippen LogP contribution in [0.1, 0.15) is 26.2 Å². The van der Waals surface area contributed by atoms with E-state index >= 15 is 0 Å². The molecule has 3 nitrogen and oxygen atoms in total. The molecule has 2 aliphatic heterocycles. The predicted molar refractivity (Wildman–Crippen MR) is 68.7 cm³/mol. The van der Waals surface area contributed by atoms with Crippen molar-refractivity contribution >= 4 is 0 Å². The molecule has 0 aliphatic carbocycles. The SMILES string of the molecule is CC1CCN(CC2CCN(C)CC2)CCN1. The summed E-state index contributed by atoms with van der Waals surface area (Å²) in [5, 5.41) is 3.57. The second kappa shape index (κ2) is 5.99. The van der Waals surface area contributed by atoms with Crippen LogP contribution in [-0.2, 0) is 0 Å². The molecule has 3 heteroatoms. The Kier molecular flexibility index (Phi) is 4.62. The lowest BCUT2D eigenvalue weighted by atomic mass is 9.96. The second-order valence-corrected chi connectivity index (χ2v) is 5.69. The fraction of sp³-hybridized carbons (Fsp3) is 1.00. The molecule has 0 saturated carbocycles. The lowest BCUT2D eigenvalue weighted by Gasteiger charge is -2.32. The largest absolute Gasteiger partial charge is 0.313 e. The molecule has 0 radical (unpaired) electrons. The summed E-state index contributed by atoms with van der Waals surface area (Å²) in [6.07, 6.45) is 4.11. The topological polar surface area (TPSA) is 18.5 Å². The highest BCUT2D eigenvalue weighted by atomic mass is 15.2. The van der Waals surface area contributed by atoms with Gasteiger partial charge in [-0.3, -0.25) is 0 Å². The van der Waals surface area contributed by atoms with Gasteiger partial charge in [-0.15, -0.1) is 0 Å². The van der Waals surface area contributed by atoms with Gasteiger partial charge in [0.05, 0.1) is 0 Å². The van der Waals surface area contributed by atoms with Gasteiger partial charge >= 0.3 is 0 Å². The van der Waals surface area contributed by atoms with Crippen molar-refractivity contribution < 1.29 is 0 Å². The molecule has 0 spiro atoms. The third-order valence-corrected chi connectivity index (χ3v) is 4.15. The van der Waals surface area contributed by atoms with Gasteiger partial charge in [0.1, 0.15) is 0 Å². The van der Waals surface area contributed by atoms with Crippen molar-refractivity contribution in [1.82, 2.24) is 15.1 Å². The lowest BCUT2D eigenvalue weighted by molar-refractivity contribution is 0.165. The first kappa shape index (κ1) is 12.3. The Morgan fingerprint density at radius 3 is 2.56 bits per heavy atom. The number of nitrogens with zero attached hydrogens (tertiary/aromatic N) is 2. The second-order valence-electron chi connectivity index (χ2n) is 5.69. The summed E-state index contributed by atoms with van der Waals surface area (Å²) < 4.78 is 0. The molecule has 2 heterocycles. The molecular formula is C13H27N3. The Bertz CT molecular complexity index is 199. The maximum atomic E-state index is 3.57. The normalized spacial score (nSPS) is 31.5. The predicted octanol–water partition coefficient (Wildman–Crippen LogP) is 1.01. The summed E-state index contributed by atoms with van der Waals surface area (Å²) in [6.45, 7) is 9.95. The van der Waals surface area contributed by atoms with Crippen LogP contribution in [0, 0.1) is 5.92 Å². The fourth-order valence-electron chi connectivity index (χ4n) is 2.85. The maximum Gasteiger partial charge on any atom is 0.0107 e. The Morgan fingerprint density at radius 1 is 1.06 bits per heavy atom. The lowest BCUT2D eigenvalue weighted by Crippen LogP contribution is -2.38. The Labute approximate surface area is 100 Å². The Hall–Kier alpha value is -0.120. The van der Waals surface area contributed by atoms with Crippen molar-refractivity contribution in [3.05, 3.63) is 0 Å². The van der Waals surface area contributed by atoms with E-state index in [1.807, 2.05) is 0 Å². The van der Waals surface area contributed by atoms with E-state index in [1.54, 1.807) is 0 Å². The zero-order chi connectivity index (χ0) is 11.4. The van der Waals surface area contributed by atoms with Gasteiger partial charge in [-0.05, 0) is 58.8 Å². The summed E-state index contributed by atoms with van der Waals surface area (Å²) in [7, 11) is 2.24. The van der Waals surface area contributed by atoms with E-state index in [0.717, 1.165) is 5.92 Å². The van der Waals surface area contributed by atoms with Crippen LogP contribution in [0.25, 0.3) is 0 Å². The van der Waals surface area contributed by atoms with E-state index in [2.05, 4.69) is 29.1 Å². The Balaban J connectivity index is 1.72. The van der Waals surface area contributed by atoms with Gasteiger partial charge in [-0.25, -0.2) is 0 Å². The molecular weight excluding hydrogens is 198 g/mol. The van der Waals surface area contributed by atoms with E-state index in [4.69, 9.17) is 0 Å². The van der Waals surface area contributed by atoms with E-state index < -0.39 is 0 Å². The number of likely N-dealkylation sites (tertiary alicyclic amines) is 1. The average Bonchev–Trinajstić information content (AvgIpc) is 2.47. The quantitative estimate of drug-likeness (QED) is 0.757. The number of nitrogens with one attached hydrogen (secondary N) is 1. The molecule has 0 amide bonds. The van der Waals surface area contributed by atoms with Crippen molar-refractivity contribution in [3.8, 4) is 0 Å². The number of hydrogen-bond donors (Lipinski definition) is 1. The maximum absolute atomic E-state index is 3.57. The summed E-state index contributed by atoms with van der Waals surface area (Å²) in [6, 6.07) is 0.711. The molecule has 94 valence electrons. The molecule has 1 N–H and O–H groups in total. The van der Waals surface area contributed by atoms with Gasteiger partial charge in [0.2, 0.25) is 0 Å². The van der Waals surface area contributed by atoms with Crippen LogP contribution in [0.5, 0.6) is 0 Å². The fourth-order valence-corrected chi connectivity index (χ4v) is 2.85. The molecule has 1 unspecified atom stereocenters. The first-order chi connectivity index (χ1) is 7.74. The molecule has 1 atom stereocenters. The minimum absolute atomic E-state index is 0.711. The van der Waals surface area contributed by atoms with Crippen molar-refractivity contribution in [3.63, 3.8) is 0 Å². The first-order valence-corrected chi connectivity index (χ1v) is 6.88. The van der Waals surface area contributed by atoms with E-state index in [1.165, 1.54) is 58.5 Å². The zero-order valence-corrected chi connectivity index (χ0v) is 10.9. The highest BCUT2D eigenvalue weighted by Gasteiger charge is 2.20. The molecule has 0 bridgehead atoms.